The number of likely N-dealkylation sites (tertiary alicyclic amines) is 1. The molecule has 4 heteroatoms. The molecule has 2 aromatic carbocycles. The second-order valence-electron chi connectivity index (χ2n) is 8.47. The molecule has 1 saturated heterocycles. The number of hydrogen-bond donors (Lipinski definition) is 0. The van der Waals surface area contributed by atoms with E-state index >= 15 is 0 Å². The van der Waals surface area contributed by atoms with Crippen LogP contribution < -0.4 is 4.74 Å². The van der Waals surface area contributed by atoms with E-state index in [9.17, 15) is 4.39 Å². The molecule has 0 saturated carbocycles. The summed E-state index contributed by atoms with van der Waals surface area (Å²) in [6, 6.07) is 13.6. The van der Waals surface area contributed by atoms with Crippen LogP contribution >= 0.6 is 0 Å². The van der Waals surface area contributed by atoms with Crippen molar-refractivity contribution in [2.75, 3.05) is 26.2 Å². The van der Waals surface area contributed by atoms with Crippen LogP contribution in [0.3, 0.4) is 0 Å². The molecule has 1 atom stereocenters. The van der Waals surface area contributed by atoms with Gasteiger partial charge in [-0.15, -0.1) is 0 Å². The van der Waals surface area contributed by atoms with Crippen LogP contribution in [-0.4, -0.2) is 31.1 Å². The minimum Gasteiger partial charge on any atom is -0.493 e. The lowest BCUT2D eigenvalue weighted by molar-refractivity contribution is -0.0788. The molecule has 1 unspecified atom stereocenters. The molecule has 148 valence electrons. The number of rotatable bonds is 5. The molecule has 3 heterocycles. The van der Waals surface area contributed by atoms with Gasteiger partial charge in [0.25, 0.3) is 0 Å². The lowest BCUT2D eigenvalue weighted by Crippen LogP contribution is -2.42. The highest BCUT2D eigenvalue weighted by atomic mass is 19.1. The van der Waals surface area contributed by atoms with Crippen LogP contribution in [0, 0.1) is 5.82 Å². The largest absolute Gasteiger partial charge is 0.493 e. The first-order valence-electron chi connectivity index (χ1n) is 10.6. The molecule has 1 fully saturated rings. The van der Waals surface area contributed by atoms with Gasteiger partial charge in [0.05, 0.1) is 18.8 Å². The van der Waals surface area contributed by atoms with Gasteiger partial charge in [-0.1, -0.05) is 30.7 Å². The summed E-state index contributed by atoms with van der Waals surface area (Å²) in [6.07, 6.45) is 5.60. The Morgan fingerprint density at radius 2 is 1.93 bits per heavy atom. The molecular formula is C24H28FNO2. The summed E-state index contributed by atoms with van der Waals surface area (Å²) in [6.45, 7) is 4.81. The molecule has 3 aliphatic heterocycles. The van der Waals surface area contributed by atoms with E-state index in [-0.39, 0.29) is 11.4 Å². The molecular weight excluding hydrogens is 353 g/mol. The normalized spacial score (nSPS) is 22.8. The number of ether oxygens (including phenoxy) is 2. The summed E-state index contributed by atoms with van der Waals surface area (Å²) < 4.78 is 25.5. The van der Waals surface area contributed by atoms with Gasteiger partial charge in [0.1, 0.15) is 11.6 Å². The predicted octanol–water partition coefficient (Wildman–Crippen LogP) is 4.99. The molecule has 3 nitrogen and oxygen atoms in total. The van der Waals surface area contributed by atoms with Gasteiger partial charge in [0.2, 0.25) is 0 Å². The summed E-state index contributed by atoms with van der Waals surface area (Å²) in [5, 5.41) is 0. The van der Waals surface area contributed by atoms with Crippen molar-refractivity contribution in [1.29, 1.82) is 0 Å². The SMILES string of the molecule is Fc1ccc2c(c1)C(CCCCN1CCC3(CC1)OCc1ccccc13)CO2. The Kier molecular flexibility index (Phi) is 4.85. The quantitative estimate of drug-likeness (QED) is 0.681. The maximum Gasteiger partial charge on any atom is 0.123 e. The van der Waals surface area contributed by atoms with E-state index in [1.807, 2.05) is 0 Å². The zero-order valence-corrected chi connectivity index (χ0v) is 16.3. The summed E-state index contributed by atoms with van der Waals surface area (Å²) in [4.78, 5) is 2.58. The van der Waals surface area contributed by atoms with Crippen LogP contribution in [0.4, 0.5) is 4.39 Å². The van der Waals surface area contributed by atoms with Gasteiger partial charge in [-0.2, -0.15) is 0 Å². The molecule has 0 aliphatic carbocycles. The molecule has 0 radical (unpaired) electrons. The second kappa shape index (κ2) is 7.49. The zero-order valence-electron chi connectivity index (χ0n) is 16.3. The zero-order chi connectivity index (χ0) is 19.0. The van der Waals surface area contributed by atoms with E-state index in [1.54, 1.807) is 12.1 Å². The van der Waals surface area contributed by atoms with E-state index in [0.29, 0.717) is 12.5 Å². The minimum atomic E-state index is -0.160. The van der Waals surface area contributed by atoms with Gasteiger partial charge in [-0.25, -0.2) is 4.39 Å². The van der Waals surface area contributed by atoms with Gasteiger partial charge in [0.15, 0.2) is 0 Å². The third-order valence-corrected chi connectivity index (χ3v) is 6.80. The molecule has 0 N–H and O–H groups in total. The number of fused-ring (bicyclic) bond motifs is 3. The van der Waals surface area contributed by atoms with Crippen molar-refractivity contribution in [3.63, 3.8) is 0 Å². The second-order valence-corrected chi connectivity index (χ2v) is 8.47. The fraction of sp³-hybridized carbons (Fsp3) is 0.500. The Balaban J connectivity index is 1.08. The summed E-state index contributed by atoms with van der Waals surface area (Å²) >= 11 is 0. The molecule has 1 spiro atoms. The highest BCUT2D eigenvalue weighted by Crippen LogP contribution is 2.44. The van der Waals surface area contributed by atoms with Gasteiger partial charge < -0.3 is 14.4 Å². The van der Waals surface area contributed by atoms with Crippen LogP contribution in [-0.2, 0) is 16.9 Å². The Morgan fingerprint density at radius 1 is 1.07 bits per heavy atom. The third-order valence-electron chi connectivity index (χ3n) is 6.80. The van der Waals surface area contributed by atoms with Crippen molar-refractivity contribution in [2.45, 2.75) is 50.2 Å². The van der Waals surface area contributed by atoms with Crippen molar-refractivity contribution in [2.24, 2.45) is 0 Å². The first kappa shape index (κ1) is 18.1. The highest BCUT2D eigenvalue weighted by Gasteiger charge is 2.42. The molecule has 5 rings (SSSR count). The molecule has 0 amide bonds. The Morgan fingerprint density at radius 3 is 2.82 bits per heavy atom. The van der Waals surface area contributed by atoms with E-state index in [0.717, 1.165) is 63.2 Å². The monoisotopic (exact) mass is 381 g/mol. The molecule has 3 aliphatic rings. The average Bonchev–Trinajstić information content (AvgIpc) is 3.29. The standard InChI is InChI=1S/C24H28FNO2/c25-20-8-9-23-21(15-20)18(16-27-23)5-3-4-12-26-13-10-24(11-14-26)22-7-2-1-6-19(22)17-28-24/h1-2,6-9,15,18H,3-5,10-14,16-17H2. The lowest BCUT2D eigenvalue weighted by Gasteiger charge is -2.39. The fourth-order valence-corrected chi connectivity index (χ4v) is 5.15. The molecule has 2 aromatic rings. The van der Waals surface area contributed by atoms with Crippen LogP contribution in [0.1, 0.15) is 54.7 Å². The van der Waals surface area contributed by atoms with Crippen molar-refractivity contribution in [3.05, 3.63) is 65.0 Å². The smallest absolute Gasteiger partial charge is 0.123 e. The molecule has 0 aromatic heterocycles. The fourth-order valence-electron chi connectivity index (χ4n) is 5.15. The van der Waals surface area contributed by atoms with E-state index in [1.165, 1.54) is 23.6 Å². The first-order valence-corrected chi connectivity index (χ1v) is 10.6. The summed E-state index contributed by atoms with van der Waals surface area (Å²) in [7, 11) is 0. The van der Waals surface area contributed by atoms with Crippen LogP contribution in [0.15, 0.2) is 42.5 Å². The molecule has 0 bridgehead atoms. The van der Waals surface area contributed by atoms with Gasteiger partial charge in [-0.3, -0.25) is 0 Å². The maximum atomic E-state index is 13.5. The van der Waals surface area contributed by atoms with Crippen molar-refractivity contribution in [3.8, 4) is 5.75 Å². The predicted molar refractivity (Wildman–Crippen MR) is 107 cm³/mol. The van der Waals surface area contributed by atoms with Crippen molar-refractivity contribution < 1.29 is 13.9 Å². The van der Waals surface area contributed by atoms with Gasteiger partial charge in [-0.05, 0) is 61.6 Å². The topological polar surface area (TPSA) is 21.7 Å². The van der Waals surface area contributed by atoms with Gasteiger partial charge in [0, 0.05) is 24.6 Å². The summed E-state index contributed by atoms with van der Waals surface area (Å²) in [5.41, 5.74) is 3.80. The Hall–Kier alpha value is -1.91. The third kappa shape index (κ3) is 3.33. The number of halogens is 1. The lowest BCUT2D eigenvalue weighted by atomic mass is 9.84. The van der Waals surface area contributed by atoms with E-state index in [4.69, 9.17) is 9.47 Å². The van der Waals surface area contributed by atoms with Crippen LogP contribution in [0.2, 0.25) is 0 Å². The first-order chi connectivity index (χ1) is 13.7. The number of piperidine rings is 1. The number of benzene rings is 2. The van der Waals surface area contributed by atoms with Crippen LogP contribution in [0.5, 0.6) is 5.75 Å². The Bertz CT molecular complexity index is 844. The van der Waals surface area contributed by atoms with E-state index < -0.39 is 0 Å². The van der Waals surface area contributed by atoms with Crippen molar-refractivity contribution >= 4 is 0 Å². The Labute approximate surface area is 166 Å². The maximum absolute atomic E-state index is 13.5. The van der Waals surface area contributed by atoms with Crippen molar-refractivity contribution in [1.82, 2.24) is 4.90 Å². The van der Waals surface area contributed by atoms with Gasteiger partial charge >= 0.3 is 0 Å². The number of hydrogen-bond acceptors (Lipinski definition) is 3. The number of nitrogens with zero attached hydrogens (tertiary/aromatic N) is 1. The van der Waals surface area contributed by atoms with Crippen LogP contribution in [0.25, 0.3) is 0 Å². The average molecular weight is 381 g/mol. The minimum absolute atomic E-state index is 0.0396. The highest BCUT2D eigenvalue weighted by molar-refractivity contribution is 5.40. The van der Waals surface area contributed by atoms with E-state index in [2.05, 4.69) is 29.2 Å². The number of unbranched alkanes of at least 4 members (excludes halogenated alkanes) is 1. The molecule has 28 heavy (non-hydrogen) atoms. The summed E-state index contributed by atoms with van der Waals surface area (Å²) in [5.74, 6) is 1.05.